The summed E-state index contributed by atoms with van der Waals surface area (Å²) in [6.07, 6.45) is 5.76. The molecule has 1 aliphatic carbocycles. The van der Waals surface area contributed by atoms with Gasteiger partial charge in [0.15, 0.2) is 0 Å². The summed E-state index contributed by atoms with van der Waals surface area (Å²) in [5, 5.41) is 3.24. The van der Waals surface area contributed by atoms with Crippen molar-refractivity contribution in [2.45, 2.75) is 37.8 Å². The molecule has 2 aromatic rings. The fourth-order valence-corrected chi connectivity index (χ4v) is 5.01. The van der Waals surface area contributed by atoms with Crippen LogP contribution < -0.4 is 5.32 Å². The van der Waals surface area contributed by atoms with E-state index >= 15 is 0 Å². The van der Waals surface area contributed by atoms with Gasteiger partial charge in [-0.05, 0) is 60.9 Å². The summed E-state index contributed by atoms with van der Waals surface area (Å²) in [6, 6.07) is 12.1. The number of halogens is 2. The molecule has 5 rings (SSSR count). The molecule has 0 spiro atoms. The van der Waals surface area contributed by atoms with Crippen molar-refractivity contribution in [2.75, 3.05) is 26.2 Å². The van der Waals surface area contributed by atoms with E-state index in [-0.39, 0.29) is 42.4 Å². The second-order valence-electron chi connectivity index (χ2n) is 9.42. The molecule has 2 aliphatic heterocycles. The van der Waals surface area contributed by atoms with Crippen molar-refractivity contribution in [2.24, 2.45) is 5.92 Å². The van der Waals surface area contributed by atoms with Crippen LogP contribution in [0.3, 0.4) is 0 Å². The van der Waals surface area contributed by atoms with E-state index in [9.17, 15) is 18.4 Å². The highest BCUT2D eigenvalue weighted by Gasteiger charge is 2.42. The van der Waals surface area contributed by atoms with Crippen LogP contribution in [0.25, 0.3) is 5.57 Å². The number of benzene rings is 2. The van der Waals surface area contributed by atoms with Gasteiger partial charge in [0.1, 0.15) is 11.6 Å². The molecule has 2 heterocycles. The first-order valence-electron chi connectivity index (χ1n) is 12.0. The number of hydrogen-bond donors (Lipinski definition) is 1. The smallest absolute Gasteiger partial charge is 0.241 e. The summed E-state index contributed by atoms with van der Waals surface area (Å²) in [5.41, 5.74) is 1.67. The van der Waals surface area contributed by atoms with Crippen LogP contribution in [0.1, 0.15) is 42.9 Å². The second kappa shape index (κ2) is 9.66. The maximum absolute atomic E-state index is 14.6. The van der Waals surface area contributed by atoms with Crippen molar-refractivity contribution >= 4 is 17.4 Å². The minimum atomic E-state index is -0.517. The van der Waals surface area contributed by atoms with Gasteiger partial charge in [-0.3, -0.25) is 14.9 Å². The van der Waals surface area contributed by atoms with Crippen LogP contribution in [0.2, 0.25) is 0 Å². The van der Waals surface area contributed by atoms with Crippen LogP contribution in [0.4, 0.5) is 8.78 Å². The molecule has 2 amide bonds. The van der Waals surface area contributed by atoms with E-state index in [4.69, 9.17) is 0 Å². The van der Waals surface area contributed by atoms with Gasteiger partial charge in [0.25, 0.3) is 0 Å². The van der Waals surface area contributed by atoms with Crippen molar-refractivity contribution in [1.82, 2.24) is 15.1 Å². The van der Waals surface area contributed by atoms with Gasteiger partial charge < -0.3 is 9.80 Å². The van der Waals surface area contributed by atoms with E-state index in [1.165, 1.54) is 6.07 Å². The number of amides is 2. The molecule has 2 fully saturated rings. The maximum atomic E-state index is 14.6. The first kappa shape index (κ1) is 22.7. The Kier molecular flexibility index (Phi) is 6.46. The van der Waals surface area contributed by atoms with E-state index in [0.717, 1.165) is 56.5 Å². The standard InChI is InChI=1S/C27H29F2N3O2/c28-21-10-11-23(29)22(15-21)20-14-24(18-6-2-1-3-7-18)32(17-20)27(34)26(19-8-9-19)30-16-25(33)31-12-4-5-13-31/h1-3,6-7,10-11,14-15,19,24,26,30H,4-5,8-9,12-13,16-17H2/t24-,26?/m0/s1. The zero-order valence-electron chi connectivity index (χ0n) is 19.1. The van der Waals surface area contributed by atoms with E-state index in [0.29, 0.717) is 5.57 Å². The Morgan fingerprint density at radius 2 is 1.76 bits per heavy atom. The lowest BCUT2D eigenvalue weighted by Gasteiger charge is -2.30. The van der Waals surface area contributed by atoms with Gasteiger partial charge in [-0.1, -0.05) is 36.4 Å². The first-order chi connectivity index (χ1) is 16.5. The molecule has 7 heteroatoms. The van der Waals surface area contributed by atoms with Crippen LogP contribution in [0.15, 0.2) is 54.6 Å². The lowest BCUT2D eigenvalue weighted by molar-refractivity contribution is -0.135. The number of carbonyl (C=O) groups is 2. The summed E-state index contributed by atoms with van der Waals surface area (Å²) in [7, 11) is 0. The van der Waals surface area contributed by atoms with E-state index < -0.39 is 17.7 Å². The number of hydrogen-bond acceptors (Lipinski definition) is 3. The summed E-state index contributed by atoms with van der Waals surface area (Å²) in [4.78, 5) is 30.0. The first-order valence-corrected chi connectivity index (χ1v) is 12.0. The molecule has 0 radical (unpaired) electrons. The fourth-order valence-electron chi connectivity index (χ4n) is 5.01. The Morgan fingerprint density at radius 1 is 1.03 bits per heavy atom. The number of nitrogens with zero attached hydrogens (tertiary/aromatic N) is 2. The number of carbonyl (C=O) groups excluding carboxylic acids is 2. The third-order valence-corrected chi connectivity index (χ3v) is 7.03. The van der Waals surface area contributed by atoms with E-state index in [2.05, 4.69) is 5.32 Å². The molecule has 5 nitrogen and oxygen atoms in total. The Balaban J connectivity index is 1.39. The topological polar surface area (TPSA) is 52.7 Å². The van der Waals surface area contributed by atoms with Gasteiger partial charge in [-0.15, -0.1) is 0 Å². The Bertz CT molecular complexity index is 1090. The monoisotopic (exact) mass is 465 g/mol. The van der Waals surface area contributed by atoms with Crippen molar-refractivity contribution in [1.29, 1.82) is 0 Å². The minimum absolute atomic E-state index is 0.0256. The average Bonchev–Trinajstić information content (AvgIpc) is 3.34. The number of nitrogens with one attached hydrogen (secondary N) is 1. The lowest BCUT2D eigenvalue weighted by Crippen LogP contribution is -2.50. The highest BCUT2D eigenvalue weighted by Crippen LogP contribution is 2.39. The molecule has 34 heavy (non-hydrogen) atoms. The van der Waals surface area contributed by atoms with Gasteiger partial charge >= 0.3 is 0 Å². The second-order valence-corrected chi connectivity index (χ2v) is 9.42. The van der Waals surface area contributed by atoms with Crippen LogP contribution >= 0.6 is 0 Å². The molecule has 0 bridgehead atoms. The minimum Gasteiger partial charge on any atom is -0.342 e. The molecule has 3 aliphatic rings. The molecular weight excluding hydrogens is 436 g/mol. The number of likely N-dealkylation sites (tertiary alicyclic amines) is 1. The zero-order chi connectivity index (χ0) is 23.7. The maximum Gasteiger partial charge on any atom is 0.241 e. The Labute approximate surface area is 198 Å². The quantitative estimate of drug-likeness (QED) is 0.675. The lowest BCUT2D eigenvalue weighted by atomic mass is 10.0. The molecule has 2 atom stereocenters. The van der Waals surface area contributed by atoms with Gasteiger partial charge in [0.05, 0.1) is 18.6 Å². The highest BCUT2D eigenvalue weighted by atomic mass is 19.1. The molecule has 1 saturated heterocycles. The predicted octanol–water partition coefficient (Wildman–Crippen LogP) is 3.92. The average molecular weight is 466 g/mol. The van der Waals surface area contributed by atoms with Crippen molar-refractivity contribution in [3.05, 3.63) is 77.4 Å². The Morgan fingerprint density at radius 3 is 2.47 bits per heavy atom. The van der Waals surface area contributed by atoms with Crippen molar-refractivity contribution < 1.29 is 18.4 Å². The largest absolute Gasteiger partial charge is 0.342 e. The molecule has 1 unspecified atom stereocenters. The van der Waals surface area contributed by atoms with Crippen molar-refractivity contribution in [3.8, 4) is 0 Å². The molecule has 1 N–H and O–H groups in total. The third kappa shape index (κ3) is 4.75. The fraction of sp³-hybridized carbons (Fsp3) is 0.407. The molecule has 178 valence electrons. The van der Waals surface area contributed by atoms with Gasteiger partial charge in [0, 0.05) is 25.2 Å². The summed E-state index contributed by atoms with van der Waals surface area (Å²) >= 11 is 0. The van der Waals surface area contributed by atoms with Crippen molar-refractivity contribution in [3.63, 3.8) is 0 Å². The molecule has 2 aromatic carbocycles. The van der Waals surface area contributed by atoms with Crippen LogP contribution in [0.5, 0.6) is 0 Å². The summed E-state index contributed by atoms with van der Waals surface area (Å²) < 4.78 is 28.5. The third-order valence-electron chi connectivity index (χ3n) is 7.03. The predicted molar refractivity (Wildman–Crippen MR) is 126 cm³/mol. The van der Waals surface area contributed by atoms with Crippen LogP contribution in [-0.2, 0) is 9.59 Å². The molecule has 0 aromatic heterocycles. The van der Waals surface area contributed by atoms with Gasteiger partial charge in [-0.25, -0.2) is 8.78 Å². The van der Waals surface area contributed by atoms with Crippen LogP contribution in [-0.4, -0.2) is 53.8 Å². The highest BCUT2D eigenvalue weighted by molar-refractivity contribution is 5.88. The number of rotatable bonds is 7. The zero-order valence-corrected chi connectivity index (χ0v) is 19.1. The normalized spacial score (nSPS) is 21.0. The van der Waals surface area contributed by atoms with E-state index in [1.807, 2.05) is 41.3 Å². The molecule has 1 saturated carbocycles. The van der Waals surface area contributed by atoms with E-state index in [1.54, 1.807) is 4.90 Å². The van der Waals surface area contributed by atoms with Gasteiger partial charge in [0.2, 0.25) is 11.8 Å². The summed E-state index contributed by atoms with van der Waals surface area (Å²) in [5.74, 6) is -0.922. The van der Waals surface area contributed by atoms with Gasteiger partial charge in [-0.2, -0.15) is 0 Å². The SMILES string of the molecule is O=C(CNC(C(=O)N1CC(c2cc(F)ccc2F)=C[C@H]1c1ccccc1)C1CC1)N1CCCC1. The Hall–Kier alpha value is -3.06. The molecular formula is C27H29F2N3O2. The van der Waals surface area contributed by atoms with Crippen LogP contribution in [0, 0.1) is 17.6 Å². The summed E-state index contributed by atoms with van der Waals surface area (Å²) in [6.45, 7) is 1.87.